The minimum Gasteiger partial charge on any atom is -0.424 e. The fourth-order valence-corrected chi connectivity index (χ4v) is 3.68. The lowest BCUT2D eigenvalue weighted by Crippen LogP contribution is -2.61. The van der Waals surface area contributed by atoms with Gasteiger partial charge >= 0.3 is 6.16 Å². The first-order valence-electron chi connectivity index (χ1n) is 9.94. The van der Waals surface area contributed by atoms with Crippen LogP contribution in [0.1, 0.15) is 11.9 Å². The first kappa shape index (κ1) is 21.8. The molecule has 3 heterocycles. The summed E-state index contributed by atoms with van der Waals surface area (Å²) in [4.78, 5) is 11.8. The molecule has 0 aliphatic carbocycles. The molecule has 0 N–H and O–H groups in total. The molecule has 4 rings (SSSR count). The fourth-order valence-electron chi connectivity index (χ4n) is 3.57. The Bertz CT molecular complexity index is 676. The predicted molar refractivity (Wildman–Crippen MR) is 102 cm³/mol. The number of halogens is 1. The van der Waals surface area contributed by atoms with Crippen molar-refractivity contribution in [3.8, 4) is 0 Å². The lowest BCUT2D eigenvalue weighted by molar-refractivity contribution is -0.347. The predicted octanol–water partition coefficient (Wildman–Crippen LogP) is 2.02. The van der Waals surface area contributed by atoms with Crippen molar-refractivity contribution in [3.05, 3.63) is 35.9 Å². The first-order valence-corrected chi connectivity index (χ1v) is 10.5. The van der Waals surface area contributed by atoms with E-state index < -0.39 is 43.2 Å². The van der Waals surface area contributed by atoms with Gasteiger partial charge in [-0.2, -0.15) is 0 Å². The quantitative estimate of drug-likeness (QED) is 0.305. The van der Waals surface area contributed by atoms with Crippen molar-refractivity contribution in [2.45, 2.75) is 37.0 Å². The van der Waals surface area contributed by atoms with Crippen LogP contribution in [0.15, 0.2) is 30.3 Å². The molecule has 166 valence electrons. The third-order valence-electron chi connectivity index (χ3n) is 4.92. The Morgan fingerprint density at radius 3 is 2.43 bits per heavy atom. The van der Waals surface area contributed by atoms with Crippen LogP contribution < -0.4 is 0 Å². The molecule has 0 radical (unpaired) electrons. The van der Waals surface area contributed by atoms with E-state index in [1.54, 1.807) is 0 Å². The summed E-state index contributed by atoms with van der Waals surface area (Å²) in [6, 6.07) is 9.55. The average Bonchev–Trinajstić information content (AvgIpc) is 3.18. The number of carbonyl (C=O) groups excluding carboxylic acids is 1. The van der Waals surface area contributed by atoms with Crippen LogP contribution in [-0.4, -0.2) is 82.4 Å². The van der Waals surface area contributed by atoms with Gasteiger partial charge in [-0.05, 0) is 0 Å². The van der Waals surface area contributed by atoms with Crippen molar-refractivity contribution in [1.82, 2.24) is 0 Å². The van der Waals surface area contributed by atoms with Crippen LogP contribution >= 0.6 is 11.6 Å². The lowest BCUT2D eigenvalue weighted by Gasteiger charge is -2.44. The Morgan fingerprint density at radius 2 is 1.63 bits per heavy atom. The minimum atomic E-state index is -0.792. The maximum atomic E-state index is 11.8. The highest BCUT2D eigenvalue weighted by Gasteiger charge is 2.57. The fraction of sp³-hybridized carbons (Fsp3) is 0.650. The van der Waals surface area contributed by atoms with Gasteiger partial charge in [0.25, 0.3) is 0 Å². The van der Waals surface area contributed by atoms with Crippen molar-refractivity contribution < 1.29 is 42.7 Å². The number of hydrogen-bond acceptors (Lipinski definition) is 9. The van der Waals surface area contributed by atoms with Gasteiger partial charge in [0.05, 0.1) is 39.6 Å². The van der Waals surface area contributed by atoms with E-state index in [1.807, 2.05) is 30.3 Å². The number of alkyl halides is 1. The molecule has 10 heteroatoms. The number of ether oxygens (including phenoxy) is 8. The lowest BCUT2D eigenvalue weighted by atomic mass is 9.98. The van der Waals surface area contributed by atoms with Gasteiger partial charge in [0, 0.05) is 11.4 Å². The second-order valence-corrected chi connectivity index (χ2v) is 7.30. The summed E-state index contributed by atoms with van der Waals surface area (Å²) in [5, 5.41) is 0. The zero-order chi connectivity index (χ0) is 20.8. The number of fused-ring (bicyclic) bond motifs is 3. The smallest absolute Gasteiger partial charge is 0.424 e. The summed E-state index contributed by atoms with van der Waals surface area (Å²) >= 11 is 5.53. The van der Waals surface area contributed by atoms with Gasteiger partial charge in [0.1, 0.15) is 12.2 Å². The molecule has 0 bridgehead atoms. The van der Waals surface area contributed by atoms with Gasteiger partial charge in [-0.25, -0.2) is 4.79 Å². The molecule has 0 saturated carbocycles. The van der Waals surface area contributed by atoms with Gasteiger partial charge in [-0.3, -0.25) is 0 Å². The highest BCUT2D eigenvalue weighted by molar-refractivity contribution is 6.17. The number of carbonyl (C=O) groups is 1. The van der Waals surface area contributed by atoms with Gasteiger partial charge < -0.3 is 37.9 Å². The van der Waals surface area contributed by atoms with Crippen molar-refractivity contribution in [1.29, 1.82) is 0 Å². The zero-order valence-electron chi connectivity index (χ0n) is 16.4. The van der Waals surface area contributed by atoms with Crippen molar-refractivity contribution >= 4 is 17.8 Å². The van der Waals surface area contributed by atoms with E-state index in [4.69, 9.17) is 49.5 Å². The molecule has 3 aliphatic rings. The van der Waals surface area contributed by atoms with Crippen LogP contribution in [0.4, 0.5) is 4.79 Å². The molecular formula is C20H25ClO9. The van der Waals surface area contributed by atoms with Crippen LogP contribution in [0.5, 0.6) is 0 Å². The largest absolute Gasteiger partial charge is 0.509 e. The average molecular weight is 445 g/mol. The normalized spacial score (nSPS) is 32.8. The molecule has 0 aromatic heterocycles. The second kappa shape index (κ2) is 10.7. The summed E-state index contributed by atoms with van der Waals surface area (Å²) in [7, 11) is 0. The van der Waals surface area contributed by atoms with Crippen LogP contribution in [0.25, 0.3) is 0 Å². The topological polar surface area (TPSA) is 90.9 Å². The van der Waals surface area contributed by atoms with E-state index in [0.717, 1.165) is 5.56 Å². The molecule has 3 fully saturated rings. The SMILES string of the molecule is O=C1O[C@@H]2[C@H](O1)[C@@H](OCCOCCOCCCl)O[C@@H]1COC(c3ccccc3)O[C@@H]21. The molecule has 1 aromatic rings. The molecule has 3 aliphatic heterocycles. The number of benzene rings is 1. The molecule has 0 spiro atoms. The van der Waals surface area contributed by atoms with Gasteiger partial charge in [-0.15, -0.1) is 11.6 Å². The van der Waals surface area contributed by atoms with E-state index in [-0.39, 0.29) is 13.2 Å². The van der Waals surface area contributed by atoms with Crippen LogP contribution in [0.2, 0.25) is 0 Å². The van der Waals surface area contributed by atoms with E-state index >= 15 is 0 Å². The van der Waals surface area contributed by atoms with Crippen molar-refractivity contribution in [2.24, 2.45) is 0 Å². The summed E-state index contributed by atoms with van der Waals surface area (Å²) < 4.78 is 44.9. The highest BCUT2D eigenvalue weighted by atomic mass is 35.5. The minimum absolute atomic E-state index is 0.257. The Morgan fingerprint density at radius 1 is 0.900 bits per heavy atom. The summed E-state index contributed by atoms with van der Waals surface area (Å²) in [6.45, 7) is 2.26. The molecule has 0 amide bonds. The second-order valence-electron chi connectivity index (χ2n) is 6.92. The maximum Gasteiger partial charge on any atom is 0.509 e. The number of hydrogen-bond donors (Lipinski definition) is 0. The van der Waals surface area contributed by atoms with E-state index in [0.29, 0.717) is 32.3 Å². The van der Waals surface area contributed by atoms with Gasteiger partial charge in [-0.1, -0.05) is 30.3 Å². The van der Waals surface area contributed by atoms with Gasteiger partial charge in [0.2, 0.25) is 0 Å². The van der Waals surface area contributed by atoms with Crippen LogP contribution in [0.3, 0.4) is 0 Å². The van der Waals surface area contributed by atoms with Crippen LogP contribution in [-0.2, 0) is 37.9 Å². The zero-order valence-corrected chi connectivity index (χ0v) is 17.1. The third kappa shape index (κ3) is 5.23. The highest BCUT2D eigenvalue weighted by Crippen LogP contribution is 2.38. The Kier molecular flexibility index (Phi) is 7.78. The Labute approximate surface area is 179 Å². The Hall–Kier alpha value is -1.46. The monoisotopic (exact) mass is 444 g/mol. The van der Waals surface area contributed by atoms with Gasteiger partial charge in [0.15, 0.2) is 24.8 Å². The van der Waals surface area contributed by atoms with E-state index in [2.05, 4.69) is 0 Å². The number of rotatable bonds is 10. The van der Waals surface area contributed by atoms with Crippen LogP contribution in [0, 0.1) is 0 Å². The van der Waals surface area contributed by atoms with E-state index in [9.17, 15) is 4.79 Å². The summed E-state index contributed by atoms with van der Waals surface area (Å²) in [5.74, 6) is 0.452. The Balaban J connectivity index is 1.29. The third-order valence-corrected chi connectivity index (χ3v) is 5.08. The summed E-state index contributed by atoms with van der Waals surface area (Å²) in [5.41, 5.74) is 0.878. The van der Waals surface area contributed by atoms with Crippen molar-refractivity contribution in [3.63, 3.8) is 0 Å². The first-order chi connectivity index (χ1) is 14.8. The van der Waals surface area contributed by atoms with Crippen molar-refractivity contribution in [2.75, 3.05) is 45.5 Å². The molecular weight excluding hydrogens is 420 g/mol. The standard InChI is InChI=1S/C20H25ClO9/c21-6-7-23-8-9-24-10-11-25-19-17-16(29-20(22)30-17)15-14(27-19)12-26-18(28-15)13-4-2-1-3-5-13/h1-5,14-19H,6-12H2/t14-,15-,16+,17+,18?,19+/m1/s1. The molecule has 1 unspecified atom stereocenters. The molecule has 1 aromatic carbocycles. The summed E-state index contributed by atoms with van der Waals surface area (Å²) in [6.07, 6.45) is -4.45. The molecule has 3 saturated heterocycles. The molecule has 6 atom stereocenters. The molecule has 30 heavy (non-hydrogen) atoms. The van der Waals surface area contributed by atoms with E-state index in [1.165, 1.54) is 0 Å². The molecule has 9 nitrogen and oxygen atoms in total. The maximum absolute atomic E-state index is 11.8.